The van der Waals surface area contributed by atoms with Crippen LogP contribution in [0.1, 0.15) is 22.9 Å². The number of hydrogen-bond donors (Lipinski definition) is 0. The van der Waals surface area contributed by atoms with Crippen LogP contribution in [0.5, 0.6) is 0 Å². The highest BCUT2D eigenvalue weighted by Crippen LogP contribution is 2.30. The lowest BCUT2D eigenvalue weighted by atomic mass is 10.1. The van der Waals surface area contributed by atoms with E-state index >= 15 is 0 Å². The maximum Gasteiger partial charge on any atom is 0.278 e. The molecule has 0 radical (unpaired) electrons. The minimum atomic E-state index is 0.000199. The zero-order chi connectivity index (χ0) is 17.5. The van der Waals surface area contributed by atoms with Gasteiger partial charge in [0.05, 0.1) is 23.7 Å². The molecule has 0 fully saturated rings. The summed E-state index contributed by atoms with van der Waals surface area (Å²) >= 11 is 1.58. The van der Waals surface area contributed by atoms with Crippen LogP contribution in [-0.4, -0.2) is 19.9 Å². The van der Waals surface area contributed by atoms with Crippen molar-refractivity contribution in [1.29, 1.82) is 0 Å². The van der Waals surface area contributed by atoms with Crippen molar-refractivity contribution in [3.05, 3.63) is 64.7 Å². The highest BCUT2D eigenvalue weighted by Gasteiger charge is 2.24. The predicted octanol–water partition coefficient (Wildman–Crippen LogP) is 4.24. The number of ether oxygens (including phenoxy) is 1. The maximum atomic E-state index is 6.02. The van der Waals surface area contributed by atoms with E-state index in [4.69, 9.17) is 9.26 Å². The van der Waals surface area contributed by atoms with E-state index in [1.807, 2.05) is 28.3 Å². The van der Waals surface area contributed by atoms with E-state index in [2.05, 4.69) is 46.4 Å². The number of rotatable bonds is 3. The van der Waals surface area contributed by atoms with Crippen LogP contribution in [0.25, 0.3) is 22.3 Å². The Kier molecular flexibility index (Phi) is 3.69. The van der Waals surface area contributed by atoms with Crippen LogP contribution in [0.2, 0.25) is 0 Å². The molecule has 1 aliphatic rings. The Morgan fingerprint density at radius 2 is 2.08 bits per heavy atom. The van der Waals surface area contributed by atoms with Gasteiger partial charge < -0.3 is 9.26 Å². The van der Waals surface area contributed by atoms with Crippen molar-refractivity contribution >= 4 is 11.3 Å². The topological polar surface area (TPSA) is 66.0 Å². The van der Waals surface area contributed by atoms with Crippen LogP contribution in [0.4, 0.5) is 0 Å². The summed E-state index contributed by atoms with van der Waals surface area (Å²) in [4.78, 5) is 5.45. The quantitative estimate of drug-likeness (QED) is 0.544. The van der Waals surface area contributed by atoms with Crippen molar-refractivity contribution in [1.82, 2.24) is 19.9 Å². The van der Waals surface area contributed by atoms with Gasteiger partial charge in [-0.25, -0.2) is 0 Å². The molecule has 0 N–H and O–H groups in total. The molecule has 130 valence electrons. The molecule has 1 aromatic carbocycles. The van der Waals surface area contributed by atoms with Gasteiger partial charge in [0.15, 0.2) is 5.69 Å². The molecular weight excluding hydrogens is 348 g/mol. The molecule has 0 bridgehead atoms. The molecule has 1 atom stereocenters. The highest BCUT2D eigenvalue weighted by molar-refractivity contribution is 7.13. The van der Waals surface area contributed by atoms with Crippen molar-refractivity contribution in [2.24, 2.45) is 0 Å². The lowest BCUT2D eigenvalue weighted by Gasteiger charge is -2.24. The first-order valence-corrected chi connectivity index (χ1v) is 9.27. The summed E-state index contributed by atoms with van der Waals surface area (Å²) in [5.74, 6) is 1.02. The summed E-state index contributed by atoms with van der Waals surface area (Å²) in [5, 5.41) is 10.7. The molecule has 0 unspecified atom stereocenters. The second kappa shape index (κ2) is 6.19. The Balaban J connectivity index is 1.40. The first-order chi connectivity index (χ1) is 12.8. The monoisotopic (exact) mass is 364 g/mol. The fourth-order valence-electron chi connectivity index (χ4n) is 3.05. The molecule has 4 aromatic rings. The van der Waals surface area contributed by atoms with Crippen LogP contribution in [-0.2, 0) is 17.9 Å². The van der Waals surface area contributed by atoms with E-state index in [0.717, 1.165) is 16.1 Å². The molecule has 7 heteroatoms. The van der Waals surface area contributed by atoms with Gasteiger partial charge in [-0.15, -0.1) is 11.3 Å². The summed E-state index contributed by atoms with van der Waals surface area (Å²) in [6.45, 7) is 3.26. The summed E-state index contributed by atoms with van der Waals surface area (Å²) in [7, 11) is 0. The molecule has 5 rings (SSSR count). The summed E-state index contributed by atoms with van der Waals surface area (Å²) in [5.41, 5.74) is 4.10. The van der Waals surface area contributed by atoms with Gasteiger partial charge in [-0.2, -0.15) is 10.1 Å². The number of aryl methyl sites for hydroxylation is 1. The van der Waals surface area contributed by atoms with Gasteiger partial charge in [0.1, 0.15) is 6.10 Å². The van der Waals surface area contributed by atoms with Crippen molar-refractivity contribution in [2.75, 3.05) is 0 Å². The molecule has 26 heavy (non-hydrogen) atoms. The van der Waals surface area contributed by atoms with Gasteiger partial charge in [-0.1, -0.05) is 41.1 Å². The molecule has 0 saturated heterocycles. The van der Waals surface area contributed by atoms with E-state index in [0.29, 0.717) is 30.6 Å². The van der Waals surface area contributed by atoms with E-state index < -0.39 is 0 Å². The fraction of sp³-hybridized carbons (Fsp3) is 0.211. The van der Waals surface area contributed by atoms with Crippen LogP contribution in [0.3, 0.4) is 0 Å². The first-order valence-electron chi connectivity index (χ1n) is 8.39. The summed E-state index contributed by atoms with van der Waals surface area (Å²) < 4.78 is 13.4. The zero-order valence-electron chi connectivity index (χ0n) is 14.1. The minimum absolute atomic E-state index is 0.000199. The predicted molar refractivity (Wildman–Crippen MR) is 97.5 cm³/mol. The number of aromatic nitrogens is 4. The average Bonchev–Trinajstić information content (AvgIpc) is 3.40. The molecule has 0 amide bonds. The normalized spacial score (nSPS) is 16.6. The van der Waals surface area contributed by atoms with Gasteiger partial charge >= 0.3 is 0 Å². The number of benzene rings is 1. The summed E-state index contributed by atoms with van der Waals surface area (Å²) in [6.07, 6.45) is 0.000199. The Morgan fingerprint density at radius 1 is 1.19 bits per heavy atom. The third-order valence-corrected chi connectivity index (χ3v) is 5.34. The highest BCUT2D eigenvalue weighted by atomic mass is 32.1. The second-order valence-corrected chi connectivity index (χ2v) is 7.26. The van der Waals surface area contributed by atoms with E-state index in [1.165, 1.54) is 5.56 Å². The maximum absolute atomic E-state index is 6.02. The minimum Gasteiger partial charge on any atom is -0.365 e. The lowest BCUT2D eigenvalue weighted by Crippen LogP contribution is -2.21. The fourth-order valence-corrected chi connectivity index (χ4v) is 3.70. The molecule has 1 aliphatic heterocycles. The van der Waals surface area contributed by atoms with Gasteiger partial charge in [0, 0.05) is 0 Å². The lowest BCUT2D eigenvalue weighted by molar-refractivity contribution is -0.00113. The number of hydrogen-bond acceptors (Lipinski definition) is 6. The number of nitrogens with zero attached hydrogens (tertiary/aromatic N) is 4. The van der Waals surface area contributed by atoms with Crippen molar-refractivity contribution < 1.29 is 9.26 Å². The van der Waals surface area contributed by atoms with E-state index in [1.54, 1.807) is 11.3 Å². The van der Waals surface area contributed by atoms with Crippen LogP contribution < -0.4 is 0 Å². The van der Waals surface area contributed by atoms with Gasteiger partial charge in [0.2, 0.25) is 5.82 Å². The third kappa shape index (κ3) is 2.75. The SMILES string of the molecule is Cc1ccc([C@@H]2Cn3nc(-c4nc(-c5cccs5)no4)cc3CO2)cc1. The molecule has 0 spiro atoms. The first kappa shape index (κ1) is 15.5. The van der Waals surface area contributed by atoms with Gasteiger partial charge in [-0.05, 0) is 30.0 Å². The Bertz CT molecular complexity index is 1030. The van der Waals surface area contributed by atoms with Gasteiger partial charge in [-0.3, -0.25) is 4.68 Å². The molecular formula is C19H16N4O2S. The molecule has 0 saturated carbocycles. The molecule has 6 nitrogen and oxygen atoms in total. The van der Waals surface area contributed by atoms with Crippen molar-refractivity contribution in [3.8, 4) is 22.3 Å². The van der Waals surface area contributed by atoms with Crippen LogP contribution >= 0.6 is 11.3 Å². The standard InChI is InChI=1S/C19H16N4O2S/c1-12-4-6-13(7-5-12)16-10-23-14(11-24-16)9-15(21-23)19-20-18(22-25-19)17-3-2-8-26-17/h2-9,16H,10-11H2,1H3/t16-/m0/s1. The molecule has 4 heterocycles. The van der Waals surface area contributed by atoms with E-state index in [-0.39, 0.29) is 6.10 Å². The number of thiophene rings is 1. The Morgan fingerprint density at radius 3 is 2.88 bits per heavy atom. The largest absolute Gasteiger partial charge is 0.365 e. The van der Waals surface area contributed by atoms with E-state index in [9.17, 15) is 0 Å². The van der Waals surface area contributed by atoms with Crippen LogP contribution in [0.15, 0.2) is 52.4 Å². The number of fused-ring (bicyclic) bond motifs is 1. The Labute approximate surface area is 154 Å². The van der Waals surface area contributed by atoms with Gasteiger partial charge in [0.25, 0.3) is 5.89 Å². The smallest absolute Gasteiger partial charge is 0.278 e. The molecule has 0 aliphatic carbocycles. The molecule has 3 aromatic heterocycles. The Hall–Kier alpha value is -2.77. The van der Waals surface area contributed by atoms with Crippen LogP contribution in [0, 0.1) is 6.92 Å². The summed E-state index contributed by atoms with van der Waals surface area (Å²) in [6, 6.07) is 14.3. The average molecular weight is 364 g/mol. The third-order valence-electron chi connectivity index (χ3n) is 4.47. The second-order valence-electron chi connectivity index (χ2n) is 6.31. The zero-order valence-corrected chi connectivity index (χ0v) is 14.9. The van der Waals surface area contributed by atoms with Crippen molar-refractivity contribution in [3.63, 3.8) is 0 Å². The van der Waals surface area contributed by atoms with Crippen molar-refractivity contribution in [2.45, 2.75) is 26.2 Å².